The van der Waals surface area contributed by atoms with Crippen LogP contribution in [-0.2, 0) is 0 Å². The Morgan fingerprint density at radius 3 is 0.889 bits per heavy atom. The Bertz CT molecular complexity index is 381. The lowest BCUT2D eigenvalue weighted by Gasteiger charge is -2.50. The molecule has 0 N–H and O–H groups in total. The molecule has 0 heteroatoms. The topological polar surface area (TPSA) is 0 Å². The molecule has 160 valence electrons. The van der Waals surface area contributed by atoms with Gasteiger partial charge in [-0.2, -0.15) is 0 Å². The summed E-state index contributed by atoms with van der Waals surface area (Å²) < 4.78 is 0. The Hall–Kier alpha value is 0. The molecular formula is C27H52. The maximum absolute atomic E-state index is 2.64. The smallest absolute Gasteiger partial charge is 0.0298 e. The highest BCUT2D eigenvalue weighted by molar-refractivity contribution is 4.94. The lowest BCUT2D eigenvalue weighted by atomic mass is 9.55. The van der Waals surface area contributed by atoms with Crippen molar-refractivity contribution in [2.75, 3.05) is 0 Å². The summed E-state index contributed by atoms with van der Waals surface area (Å²) in [6, 6.07) is 0. The van der Waals surface area contributed by atoms with E-state index in [0.29, 0.717) is 16.2 Å². The van der Waals surface area contributed by atoms with Crippen LogP contribution in [0.1, 0.15) is 132 Å². The van der Waals surface area contributed by atoms with Gasteiger partial charge in [-0.05, 0) is 91.3 Å². The van der Waals surface area contributed by atoms with Crippen LogP contribution in [0.25, 0.3) is 0 Å². The standard InChI is InChI=1S/C27H52/c1-9-26(7,10-2)23-17-13-21(14-18-23)25(5,6)22-15-19-24(20-16-22)27(8,11-3)12-4/h21-24H,9-20H2,1-8H3. The normalized spacial score (nSPS) is 31.1. The van der Waals surface area contributed by atoms with Gasteiger partial charge in [-0.3, -0.25) is 0 Å². The van der Waals surface area contributed by atoms with Crippen LogP contribution in [0.3, 0.4) is 0 Å². The van der Waals surface area contributed by atoms with E-state index in [1.54, 1.807) is 0 Å². The van der Waals surface area contributed by atoms with Gasteiger partial charge in [0.25, 0.3) is 0 Å². The van der Waals surface area contributed by atoms with E-state index >= 15 is 0 Å². The minimum atomic E-state index is 0.555. The van der Waals surface area contributed by atoms with E-state index in [1.807, 2.05) is 0 Å². The second kappa shape index (κ2) is 9.21. The molecule has 0 saturated heterocycles. The van der Waals surface area contributed by atoms with Crippen molar-refractivity contribution in [1.29, 1.82) is 0 Å². The molecule has 0 heterocycles. The summed E-state index contributed by atoms with van der Waals surface area (Å²) in [7, 11) is 0. The van der Waals surface area contributed by atoms with Gasteiger partial charge in [-0.15, -0.1) is 0 Å². The van der Waals surface area contributed by atoms with Crippen molar-refractivity contribution in [3.05, 3.63) is 0 Å². The van der Waals surface area contributed by atoms with Gasteiger partial charge >= 0.3 is 0 Å². The molecule has 0 aromatic heterocycles. The molecule has 0 radical (unpaired) electrons. The van der Waals surface area contributed by atoms with Gasteiger partial charge in [0.2, 0.25) is 0 Å². The molecule has 2 fully saturated rings. The molecule has 2 saturated carbocycles. The largest absolute Gasteiger partial charge is 0.0649 e. The molecule has 27 heavy (non-hydrogen) atoms. The first kappa shape index (κ1) is 23.3. The Labute approximate surface area is 172 Å². The summed E-state index contributed by atoms with van der Waals surface area (Å²) in [5.74, 6) is 3.89. The molecule has 0 aromatic rings. The van der Waals surface area contributed by atoms with E-state index in [-0.39, 0.29) is 0 Å². The fraction of sp³-hybridized carbons (Fsp3) is 1.00. The fourth-order valence-corrected chi connectivity index (χ4v) is 7.06. The Morgan fingerprint density at radius 1 is 0.444 bits per heavy atom. The van der Waals surface area contributed by atoms with Crippen molar-refractivity contribution in [2.45, 2.75) is 132 Å². The highest BCUT2D eigenvalue weighted by Gasteiger charge is 2.44. The molecule has 2 aliphatic carbocycles. The Morgan fingerprint density at radius 2 is 0.667 bits per heavy atom. The first-order valence-corrected chi connectivity index (χ1v) is 12.7. The van der Waals surface area contributed by atoms with Crippen LogP contribution in [-0.4, -0.2) is 0 Å². The molecule has 2 rings (SSSR count). The monoisotopic (exact) mass is 376 g/mol. The summed E-state index contributed by atoms with van der Waals surface area (Å²) >= 11 is 0. The Balaban J connectivity index is 1.93. The average Bonchev–Trinajstić information content (AvgIpc) is 2.72. The zero-order valence-electron chi connectivity index (χ0n) is 20.3. The predicted octanol–water partition coefficient (Wildman–Crippen LogP) is 9.28. The Kier molecular flexibility index (Phi) is 7.94. The first-order chi connectivity index (χ1) is 12.7. The van der Waals surface area contributed by atoms with Crippen LogP contribution in [0.4, 0.5) is 0 Å². The van der Waals surface area contributed by atoms with Gasteiger partial charge in [-0.25, -0.2) is 0 Å². The molecule has 0 aromatic carbocycles. The van der Waals surface area contributed by atoms with Gasteiger partial charge < -0.3 is 0 Å². The SMILES string of the molecule is CCC(C)(CC)C1CCC(C(C)(C)C2CCC(C(C)(CC)CC)CC2)CC1. The summed E-state index contributed by atoms with van der Waals surface area (Å²) in [5.41, 5.74) is 1.75. The number of hydrogen-bond acceptors (Lipinski definition) is 0. The number of hydrogen-bond donors (Lipinski definition) is 0. The minimum absolute atomic E-state index is 0.555. The first-order valence-electron chi connectivity index (χ1n) is 12.7. The quantitative estimate of drug-likeness (QED) is 0.396. The van der Waals surface area contributed by atoms with Crippen LogP contribution in [0, 0.1) is 39.9 Å². The van der Waals surface area contributed by atoms with E-state index in [1.165, 1.54) is 77.0 Å². The molecule has 0 unspecified atom stereocenters. The van der Waals surface area contributed by atoms with Gasteiger partial charge in [0.05, 0.1) is 0 Å². The minimum Gasteiger partial charge on any atom is -0.0649 e. The molecular weight excluding hydrogens is 324 g/mol. The highest BCUT2D eigenvalue weighted by Crippen LogP contribution is 2.54. The van der Waals surface area contributed by atoms with Crippen molar-refractivity contribution in [3.8, 4) is 0 Å². The van der Waals surface area contributed by atoms with Crippen molar-refractivity contribution < 1.29 is 0 Å². The van der Waals surface area contributed by atoms with Gasteiger partial charge in [0.1, 0.15) is 0 Å². The van der Waals surface area contributed by atoms with Crippen molar-refractivity contribution in [3.63, 3.8) is 0 Å². The van der Waals surface area contributed by atoms with Gasteiger partial charge in [-0.1, -0.05) is 81.1 Å². The predicted molar refractivity (Wildman–Crippen MR) is 122 cm³/mol. The van der Waals surface area contributed by atoms with Crippen molar-refractivity contribution in [2.24, 2.45) is 39.9 Å². The number of rotatable bonds is 8. The summed E-state index contributed by atoms with van der Waals surface area (Å²) in [6.45, 7) is 20.1. The van der Waals surface area contributed by atoms with Crippen LogP contribution in [0.5, 0.6) is 0 Å². The lowest BCUT2D eigenvalue weighted by Crippen LogP contribution is -2.40. The molecule has 0 aliphatic heterocycles. The molecule has 0 amide bonds. The second-order valence-corrected chi connectivity index (χ2v) is 11.6. The van der Waals surface area contributed by atoms with Crippen LogP contribution in [0.15, 0.2) is 0 Å². The van der Waals surface area contributed by atoms with Crippen molar-refractivity contribution >= 4 is 0 Å². The second-order valence-electron chi connectivity index (χ2n) is 11.6. The molecule has 0 nitrogen and oxygen atoms in total. The molecule has 0 spiro atoms. The maximum atomic E-state index is 2.64. The van der Waals surface area contributed by atoms with Gasteiger partial charge in [0, 0.05) is 0 Å². The fourth-order valence-electron chi connectivity index (χ4n) is 7.06. The van der Waals surface area contributed by atoms with E-state index in [2.05, 4.69) is 55.4 Å². The molecule has 2 aliphatic rings. The lowest BCUT2D eigenvalue weighted by molar-refractivity contribution is 0.00142. The van der Waals surface area contributed by atoms with E-state index in [0.717, 1.165) is 23.7 Å². The van der Waals surface area contributed by atoms with E-state index in [9.17, 15) is 0 Å². The highest BCUT2D eigenvalue weighted by atomic mass is 14.5. The maximum Gasteiger partial charge on any atom is -0.0298 e. The molecule has 0 bridgehead atoms. The van der Waals surface area contributed by atoms with Crippen LogP contribution < -0.4 is 0 Å². The summed E-state index contributed by atoms with van der Waals surface area (Å²) in [6.07, 6.45) is 17.4. The third-order valence-electron chi connectivity index (χ3n) is 10.8. The van der Waals surface area contributed by atoms with Crippen molar-refractivity contribution in [1.82, 2.24) is 0 Å². The van der Waals surface area contributed by atoms with E-state index < -0.39 is 0 Å². The summed E-state index contributed by atoms with van der Waals surface area (Å²) in [5, 5.41) is 0. The molecule has 0 atom stereocenters. The van der Waals surface area contributed by atoms with Gasteiger partial charge in [0.15, 0.2) is 0 Å². The third kappa shape index (κ3) is 4.78. The van der Waals surface area contributed by atoms with Crippen LogP contribution >= 0.6 is 0 Å². The van der Waals surface area contributed by atoms with Crippen LogP contribution in [0.2, 0.25) is 0 Å². The zero-order chi connectivity index (χ0) is 20.3. The summed E-state index contributed by atoms with van der Waals surface area (Å²) in [4.78, 5) is 0. The van der Waals surface area contributed by atoms with E-state index in [4.69, 9.17) is 0 Å². The third-order valence-corrected chi connectivity index (χ3v) is 10.8. The zero-order valence-corrected chi connectivity index (χ0v) is 20.3. The average molecular weight is 377 g/mol.